The van der Waals surface area contributed by atoms with E-state index in [0.717, 1.165) is 23.1 Å². The lowest BCUT2D eigenvalue weighted by molar-refractivity contribution is -0.146. The number of piperazine rings is 1. The summed E-state index contributed by atoms with van der Waals surface area (Å²) in [5, 5.41) is 0.679. The summed E-state index contributed by atoms with van der Waals surface area (Å²) in [4.78, 5) is 28.9. The molecule has 4 nitrogen and oxygen atoms in total. The van der Waals surface area contributed by atoms with Crippen molar-refractivity contribution in [3.63, 3.8) is 0 Å². The number of nitrogens with zero attached hydrogens (tertiary/aromatic N) is 2. The first-order chi connectivity index (χ1) is 13.5. The van der Waals surface area contributed by atoms with Gasteiger partial charge in [0.1, 0.15) is 0 Å². The lowest BCUT2D eigenvalue weighted by Crippen LogP contribution is -2.52. The molecule has 0 radical (unpaired) electrons. The Bertz CT molecular complexity index is 931. The predicted molar refractivity (Wildman–Crippen MR) is 109 cm³/mol. The van der Waals surface area contributed by atoms with E-state index in [1.54, 1.807) is 9.80 Å². The Morgan fingerprint density at radius 1 is 1.11 bits per heavy atom. The summed E-state index contributed by atoms with van der Waals surface area (Å²) in [6.07, 6.45) is 6.23. The van der Waals surface area contributed by atoms with E-state index in [1.807, 2.05) is 48.5 Å². The van der Waals surface area contributed by atoms with Gasteiger partial charge in [0.2, 0.25) is 11.8 Å². The van der Waals surface area contributed by atoms with Crippen molar-refractivity contribution >= 4 is 23.4 Å². The molecule has 1 aliphatic carbocycles. The van der Waals surface area contributed by atoms with Crippen LogP contribution >= 0.6 is 11.6 Å². The smallest absolute Gasteiger partial charge is 0.242 e. The molecule has 142 valence electrons. The van der Waals surface area contributed by atoms with Gasteiger partial charge in [-0.2, -0.15) is 0 Å². The number of hydrogen-bond donors (Lipinski definition) is 0. The van der Waals surface area contributed by atoms with Crippen molar-refractivity contribution < 1.29 is 9.59 Å². The first kappa shape index (κ1) is 18.6. The van der Waals surface area contributed by atoms with Crippen molar-refractivity contribution in [3.8, 4) is 12.3 Å². The van der Waals surface area contributed by atoms with Gasteiger partial charge in [0, 0.05) is 36.1 Å². The van der Waals surface area contributed by atoms with Crippen LogP contribution in [0.4, 0.5) is 0 Å². The Morgan fingerprint density at radius 3 is 2.46 bits per heavy atom. The fourth-order valence-electron chi connectivity index (χ4n) is 3.77. The average molecular weight is 393 g/mol. The summed E-state index contributed by atoms with van der Waals surface area (Å²) in [5.74, 6) is 2.90. The second-order valence-electron chi connectivity index (χ2n) is 7.42. The van der Waals surface area contributed by atoms with E-state index < -0.39 is 0 Å². The van der Waals surface area contributed by atoms with Crippen molar-refractivity contribution in [2.24, 2.45) is 5.92 Å². The van der Waals surface area contributed by atoms with Gasteiger partial charge in [-0.3, -0.25) is 9.59 Å². The highest BCUT2D eigenvalue weighted by molar-refractivity contribution is 6.30. The summed E-state index contributed by atoms with van der Waals surface area (Å²) in [6, 6.07) is 15.3. The van der Waals surface area contributed by atoms with Crippen molar-refractivity contribution in [1.82, 2.24) is 9.80 Å². The molecule has 2 amide bonds. The number of terminal acetylenes is 1. The lowest BCUT2D eigenvalue weighted by atomic mass is 10.1. The lowest BCUT2D eigenvalue weighted by Gasteiger charge is -2.34. The van der Waals surface area contributed by atoms with Gasteiger partial charge in [-0.1, -0.05) is 41.8 Å². The highest BCUT2D eigenvalue weighted by Gasteiger charge is 2.46. The molecule has 0 bridgehead atoms. The Kier molecular flexibility index (Phi) is 5.11. The monoisotopic (exact) mass is 392 g/mol. The molecule has 0 aromatic heterocycles. The summed E-state index contributed by atoms with van der Waals surface area (Å²) in [6.45, 7) is 1.84. The van der Waals surface area contributed by atoms with Gasteiger partial charge >= 0.3 is 0 Å². The highest BCUT2D eigenvalue weighted by atomic mass is 35.5. The zero-order valence-corrected chi connectivity index (χ0v) is 16.2. The molecule has 1 saturated carbocycles. The molecule has 1 saturated heterocycles. The van der Waals surface area contributed by atoms with E-state index in [2.05, 4.69) is 5.92 Å². The highest BCUT2D eigenvalue weighted by Crippen LogP contribution is 2.48. The fourth-order valence-corrected chi connectivity index (χ4v) is 3.90. The number of carbonyl (C=O) groups excluding carboxylic acids is 2. The zero-order valence-electron chi connectivity index (χ0n) is 15.5. The van der Waals surface area contributed by atoms with E-state index in [1.165, 1.54) is 0 Å². The van der Waals surface area contributed by atoms with Gasteiger partial charge in [-0.15, -0.1) is 6.42 Å². The van der Waals surface area contributed by atoms with Crippen LogP contribution in [0.15, 0.2) is 48.5 Å². The molecule has 5 heteroatoms. The molecule has 4 rings (SSSR count). The van der Waals surface area contributed by atoms with E-state index >= 15 is 0 Å². The maximum Gasteiger partial charge on any atom is 0.242 e. The summed E-state index contributed by atoms with van der Waals surface area (Å²) in [7, 11) is 0. The van der Waals surface area contributed by atoms with Crippen LogP contribution in [0, 0.1) is 18.3 Å². The molecule has 1 aliphatic heterocycles. The standard InChI is InChI=1S/C23H21ClN2O2/c1-2-16-3-7-18(8-4-16)20-13-21(20)23(28)26-12-11-25(22(27)15-26)14-17-5-9-19(24)10-6-17/h1,3-10,20-21H,11-15H2. The predicted octanol–water partition coefficient (Wildman–Crippen LogP) is 3.30. The summed E-state index contributed by atoms with van der Waals surface area (Å²) < 4.78 is 0. The van der Waals surface area contributed by atoms with E-state index in [4.69, 9.17) is 18.0 Å². The molecule has 1 heterocycles. The van der Waals surface area contributed by atoms with Gasteiger partial charge in [0.25, 0.3) is 0 Å². The van der Waals surface area contributed by atoms with Crippen LogP contribution in [-0.2, 0) is 16.1 Å². The van der Waals surface area contributed by atoms with Crippen LogP contribution in [0.5, 0.6) is 0 Å². The molecule has 2 aliphatic rings. The minimum absolute atomic E-state index is 0.00915. The topological polar surface area (TPSA) is 40.6 Å². The minimum atomic E-state index is -0.0210. The van der Waals surface area contributed by atoms with Crippen LogP contribution in [0.1, 0.15) is 29.0 Å². The SMILES string of the molecule is C#Cc1ccc(C2CC2C(=O)N2CCN(Cc3ccc(Cl)cc3)C(=O)C2)cc1. The quantitative estimate of drug-likeness (QED) is 0.749. The average Bonchev–Trinajstić information content (AvgIpc) is 3.51. The number of carbonyl (C=O) groups is 2. The van der Waals surface area contributed by atoms with Crippen LogP contribution < -0.4 is 0 Å². The zero-order chi connectivity index (χ0) is 19.7. The van der Waals surface area contributed by atoms with Gasteiger partial charge in [0.15, 0.2) is 0 Å². The molecular weight excluding hydrogens is 372 g/mol. The number of hydrogen-bond acceptors (Lipinski definition) is 2. The van der Waals surface area contributed by atoms with Crippen molar-refractivity contribution in [1.29, 1.82) is 0 Å². The van der Waals surface area contributed by atoms with Gasteiger partial charge < -0.3 is 9.80 Å². The maximum absolute atomic E-state index is 12.8. The van der Waals surface area contributed by atoms with Gasteiger partial charge in [0.05, 0.1) is 6.54 Å². The van der Waals surface area contributed by atoms with Crippen molar-refractivity contribution in [2.45, 2.75) is 18.9 Å². The molecule has 2 atom stereocenters. The van der Waals surface area contributed by atoms with Crippen LogP contribution in [0.3, 0.4) is 0 Å². The summed E-state index contributed by atoms with van der Waals surface area (Å²) >= 11 is 5.91. The third kappa shape index (κ3) is 3.90. The third-order valence-corrected chi connectivity index (χ3v) is 5.78. The Morgan fingerprint density at radius 2 is 1.82 bits per heavy atom. The van der Waals surface area contributed by atoms with E-state index in [0.29, 0.717) is 24.7 Å². The molecule has 2 aromatic rings. The number of amides is 2. The first-order valence-corrected chi connectivity index (χ1v) is 9.80. The van der Waals surface area contributed by atoms with E-state index in [-0.39, 0.29) is 30.2 Å². The molecule has 0 N–H and O–H groups in total. The van der Waals surface area contributed by atoms with Crippen molar-refractivity contribution in [2.75, 3.05) is 19.6 Å². The molecule has 0 spiro atoms. The normalized spacial score (nSPS) is 21.4. The van der Waals surface area contributed by atoms with Crippen LogP contribution in [0.2, 0.25) is 5.02 Å². The molecular formula is C23H21ClN2O2. The summed E-state index contributed by atoms with van der Waals surface area (Å²) in [5.41, 5.74) is 3.02. The van der Waals surface area contributed by atoms with Gasteiger partial charge in [-0.05, 0) is 47.7 Å². The Labute approximate surface area is 170 Å². The molecule has 2 fully saturated rings. The number of halogens is 1. The fraction of sp³-hybridized carbons (Fsp3) is 0.304. The molecule has 28 heavy (non-hydrogen) atoms. The second kappa shape index (κ2) is 7.69. The largest absolute Gasteiger partial charge is 0.335 e. The van der Waals surface area contributed by atoms with Gasteiger partial charge in [-0.25, -0.2) is 0 Å². The van der Waals surface area contributed by atoms with E-state index in [9.17, 15) is 9.59 Å². The van der Waals surface area contributed by atoms with Crippen LogP contribution in [-0.4, -0.2) is 41.2 Å². The maximum atomic E-state index is 12.8. The number of benzene rings is 2. The number of rotatable bonds is 4. The Balaban J connectivity index is 1.33. The first-order valence-electron chi connectivity index (χ1n) is 9.43. The Hall–Kier alpha value is -2.77. The molecule has 2 unspecified atom stereocenters. The third-order valence-electron chi connectivity index (χ3n) is 5.53. The van der Waals surface area contributed by atoms with Crippen molar-refractivity contribution in [3.05, 3.63) is 70.2 Å². The second-order valence-corrected chi connectivity index (χ2v) is 7.85. The minimum Gasteiger partial charge on any atom is -0.335 e. The molecule has 2 aromatic carbocycles. The van der Waals surface area contributed by atoms with Crippen LogP contribution in [0.25, 0.3) is 0 Å².